The second-order valence-corrected chi connectivity index (χ2v) is 6.62. The van der Waals surface area contributed by atoms with Crippen LogP contribution < -0.4 is 11.3 Å². The van der Waals surface area contributed by atoms with E-state index in [0.717, 1.165) is 24.9 Å². The number of nitrogens with one attached hydrogen (secondary N) is 1. The van der Waals surface area contributed by atoms with Crippen LogP contribution in [0.2, 0.25) is 0 Å². The van der Waals surface area contributed by atoms with Crippen LogP contribution in [0, 0.1) is 11.8 Å². The van der Waals surface area contributed by atoms with Crippen LogP contribution in [0.1, 0.15) is 39.0 Å². The first kappa shape index (κ1) is 15.2. The number of likely N-dealkylation sites (N-methyl/N-ethyl adjacent to an activating group) is 2. The van der Waals surface area contributed by atoms with Gasteiger partial charge in [-0.25, -0.2) is 0 Å². The van der Waals surface area contributed by atoms with Crippen molar-refractivity contribution in [1.29, 1.82) is 0 Å². The monoisotopic (exact) mass is 268 g/mol. The zero-order valence-electron chi connectivity index (χ0n) is 12.9. The van der Waals surface area contributed by atoms with E-state index in [1.54, 1.807) is 0 Å². The number of hydrogen-bond acceptors (Lipinski definition) is 4. The third-order valence-electron chi connectivity index (χ3n) is 5.46. The maximum absolute atomic E-state index is 5.96. The standard InChI is InChI=1S/C15H32N4/c1-4-12-7-5-6-8-13(12)15(17-16)14-11-18(2)9-10-19(14)3/h12-15,17H,4-11,16H2,1-3H3. The first-order valence-corrected chi connectivity index (χ1v) is 8.02. The summed E-state index contributed by atoms with van der Waals surface area (Å²) in [5.41, 5.74) is 3.19. The molecule has 112 valence electrons. The molecule has 4 nitrogen and oxygen atoms in total. The zero-order chi connectivity index (χ0) is 13.8. The lowest BCUT2D eigenvalue weighted by Gasteiger charge is -2.47. The van der Waals surface area contributed by atoms with Crippen LogP contribution in [0.25, 0.3) is 0 Å². The molecule has 0 radical (unpaired) electrons. The first-order valence-electron chi connectivity index (χ1n) is 8.02. The molecular weight excluding hydrogens is 236 g/mol. The van der Waals surface area contributed by atoms with E-state index < -0.39 is 0 Å². The molecule has 1 aliphatic carbocycles. The molecule has 0 aromatic carbocycles. The van der Waals surface area contributed by atoms with Crippen LogP contribution in [-0.4, -0.2) is 55.6 Å². The van der Waals surface area contributed by atoms with E-state index >= 15 is 0 Å². The summed E-state index contributed by atoms with van der Waals surface area (Å²) in [5, 5.41) is 0. The van der Waals surface area contributed by atoms with Crippen LogP contribution in [0.15, 0.2) is 0 Å². The molecule has 2 fully saturated rings. The lowest BCUT2D eigenvalue weighted by atomic mass is 9.72. The van der Waals surface area contributed by atoms with Crippen molar-refractivity contribution in [2.45, 2.75) is 51.1 Å². The summed E-state index contributed by atoms with van der Waals surface area (Å²) in [6, 6.07) is 0.999. The number of rotatable bonds is 4. The van der Waals surface area contributed by atoms with Gasteiger partial charge in [-0.2, -0.15) is 0 Å². The van der Waals surface area contributed by atoms with Gasteiger partial charge in [0.15, 0.2) is 0 Å². The molecule has 0 aromatic heterocycles. The molecule has 0 aromatic rings. The van der Waals surface area contributed by atoms with Crippen molar-refractivity contribution in [2.75, 3.05) is 33.7 Å². The molecule has 0 bridgehead atoms. The third-order valence-corrected chi connectivity index (χ3v) is 5.46. The van der Waals surface area contributed by atoms with Crippen molar-refractivity contribution in [3.05, 3.63) is 0 Å². The van der Waals surface area contributed by atoms with Crippen LogP contribution in [0.3, 0.4) is 0 Å². The van der Waals surface area contributed by atoms with Crippen LogP contribution in [0.4, 0.5) is 0 Å². The highest BCUT2D eigenvalue weighted by Crippen LogP contribution is 2.36. The minimum absolute atomic E-state index is 0.443. The molecule has 2 rings (SSSR count). The quantitative estimate of drug-likeness (QED) is 0.595. The fraction of sp³-hybridized carbons (Fsp3) is 1.00. The molecule has 4 heteroatoms. The van der Waals surface area contributed by atoms with Gasteiger partial charge in [-0.3, -0.25) is 16.2 Å². The summed E-state index contributed by atoms with van der Waals surface area (Å²) in [6.07, 6.45) is 6.83. The molecule has 1 saturated heterocycles. The van der Waals surface area contributed by atoms with Crippen LogP contribution in [0.5, 0.6) is 0 Å². The van der Waals surface area contributed by atoms with Crippen molar-refractivity contribution in [3.8, 4) is 0 Å². The minimum Gasteiger partial charge on any atom is -0.303 e. The van der Waals surface area contributed by atoms with Gasteiger partial charge in [0, 0.05) is 31.7 Å². The lowest BCUT2D eigenvalue weighted by molar-refractivity contribution is 0.0452. The molecule has 0 spiro atoms. The van der Waals surface area contributed by atoms with Gasteiger partial charge < -0.3 is 4.90 Å². The van der Waals surface area contributed by atoms with E-state index in [9.17, 15) is 0 Å². The topological polar surface area (TPSA) is 44.5 Å². The largest absolute Gasteiger partial charge is 0.303 e. The highest BCUT2D eigenvalue weighted by atomic mass is 15.3. The Bertz CT molecular complexity index is 269. The number of hydrazine groups is 1. The predicted molar refractivity (Wildman–Crippen MR) is 80.8 cm³/mol. The Hall–Kier alpha value is -0.160. The van der Waals surface area contributed by atoms with Gasteiger partial charge in [0.05, 0.1) is 0 Å². The Labute approximate surface area is 118 Å². The summed E-state index contributed by atoms with van der Waals surface area (Å²) in [7, 11) is 4.48. The summed E-state index contributed by atoms with van der Waals surface area (Å²) in [6.45, 7) is 5.81. The first-order chi connectivity index (χ1) is 9.17. The van der Waals surface area contributed by atoms with Gasteiger partial charge in [-0.1, -0.05) is 32.6 Å². The van der Waals surface area contributed by atoms with Gasteiger partial charge >= 0.3 is 0 Å². The van der Waals surface area contributed by atoms with Crippen molar-refractivity contribution < 1.29 is 0 Å². The number of hydrogen-bond donors (Lipinski definition) is 2. The molecule has 19 heavy (non-hydrogen) atoms. The van der Waals surface area contributed by atoms with Crippen molar-refractivity contribution in [1.82, 2.24) is 15.2 Å². The average molecular weight is 268 g/mol. The van der Waals surface area contributed by atoms with Crippen LogP contribution in [-0.2, 0) is 0 Å². The van der Waals surface area contributed by atoms with E-state index in [4.69, 9.17) is 5.84 Å². The molecule has 1 saturated carbocycles. The van der Waals surface area contributed by atoms with E-state index in [0.29, 0.717) is 12.1 Å². The molecular formula is C15H32N4. The van der Waals surface area contributed by atoms with Crippen LogP contribution >= 0.6 is 0 Å². The fourth-order valence-corrected chi connectivity index (χ4v) is 4.17. The Kier molecular flexibility index (Phi) is 5.63. The minimum atomic E-state index is 0.443. The second kappa shape index (κ2) is 7.02. The van der Waals surface area contributed by atoms with Gasteiger partial charge in [-0.05, 0) is 32.4 Å². The third kappa shape index (κ3) is 3.48. The summed E-state index contributed by atoms with van der Waals surface area (Å²) < 4.78 is 0. The summed E-state index contributed by atoms with van der Waals surface area (Å²) >= 11 is 0. The molecule has 4 unspecified atom stereocenters. The molecule has 4 atom stereocenters. The van der Waals surface area contributed by atoms with Gasteiger partial charge in [0.2, 0.25) is 0 Å². The maximum Gasteiger partial charge on any atom is 0.0409 e. The Morgan fingerprint density at radius 1 is 1.21 bits per heavy atom. The van der Waals surface area contributed by atoms with Crippen molar-refractivity contribution in [3.63, 3.8) is 0 Å². The SMILES string of the molecule is CCC1CCCCC1C(NN)C1CN(C)CCN1C. The van der Waals surface area contributed by atoms with E-state index in [1.807, 2.05) is 0 Å². The Balaban J connectivity index is 2.08. The number of nitrogens with two attached hydrogens (primary N) is 1. The molecule has 1 heterocycles. The lowest BCUT2D eigenvalue weighted by Crippen LogP contribution is -2.63. The summed E-state index contributed by atoms with van der Waals surface area (Å²) in [5.74, 6) is 7.57. The fourth-order valence-electron chi connectivity index (χ4n) is 4.17. The maximum atomic E-state index is 5.96. The highest BCUT2D eigenvalue weighted by molar-refractivity contribution is 4.94. The molecule has 3 N–H and O–H groups in total. The predicted octanol–water partition coefficient (Wildman–Crippen LogP) is 1.28. The van der Waals surface area contributed by atoms with Crippen molar-refractivity contribution in [2.24, 2.45) is 17.7 Å². The van der Waals surface area contributed by atoms with E-state index in [-0.39, 0.29) is 0 Å². The average Bonchev–Trinajstić information content (AvgIpc) is 2.44. The second-order valence-electron chi connectivity index (χ2n) is 6.62. The Morgan fingerprint density at radius 2 is 1.95 bits per heavy atom. The van der Waals surface area contributed by atoms with Crippen molar-refractivity contribution >= 4 is 0 Å². The molecule has 2 aliphatic rings. The Morgan fingerprint density at radius 3 is 2.63 bits per heavy atom. The molecule has 1 aliphatic heterocycles. The number of piperazine rings is 1. The van der Waals surface area contributed by atoms with E-state index in [2.05, 4.69) is 36.2 Å². The van der Waals surface area contributed by atoms with Gasteiger partial charge in [0.25, 0.3) is 0 Å². The van der Waals surface area contributed by atoms with Gasteiger partial charge in [-0.15, -0.1) is 0 Å². The smallest absolute Gasteiger partial charge is 0.0409 e. The highest BCUT2D eigenvalue weighted by Gasteiger charge is 2.38. The molecule has 0 amide bonds. The van der Waals surface area contributed by atoms with E-state index in [1.165, 1.54) is 38.6 Å². The summed E-state index contributed by atoms with van der Waals surface area (Å²) in [4.78, 5) is 4.95. The normalized spacial score (nSPS) is 36.3. The number of nitrogens with zero attached hydrogens (tertiary/aromatic N) is 2. The zero-order valence-corrected chi connectivity index (χ0v) is 12.9. The van der Waals surface area contributed by atoms with Gasteiger partial charge in [0.1, 0.15) is 0 Å².